The lowest BCUT2D eigenvalue weighted by molar-refractivity contribution is 0.0191. The zero-order chi connectivity index (χ0) is 15.2. The van der Waals surface area contributed by atoms with Crippen LogP contribution in [0.3, 0.4) is 0 Å². The van der Waals surface area contributed by atoms with E-state index < -0.39 is 12.2 Å². The molecule has 0 unspecified atom stereocenters. The number of ether oxygens (including phenoxy) is 1. The molecule has 4 nitrogen and oxygen atoms in total. The first-order valence-electron chi connectivity index (χ1n) is 6.61. The Hall–Kier alpha value is -1.31. The molecule has 21 heavy (non-hydrogen) atoms. The van der Waals surface area contributed by atoms with E-state index in [4.69, 9.17) is 4.74 Å². The van der Waals surface area contributed by atoms with Crippen molar-refractivity contribution in [1.29, 1.82) is 0 Å². The summed E-state index contributed by atoms with van der Waals surface area (Å²) >= 11 is 2.11. The van der Waals surface area contributed by atoms with Crippen LogP contribution in [0.4, 0.5) is 0 Å². The maximum Gasteiger partial charge on any atom is 0.131 e. The molecule has 0 spiro atoms. The maximum atomic E-state index is 10.5. The minimum absolute atomic E-state index is 0.0162. The van der Waals surface area contributed by atoms with Crippen molar-refractivity contribution in [3.8, 4) is 11.5 Å². The van der Waals surface area contributed by atoms with Gasteiger partial charge in [-0.15, -0.1) is 0 Å². The van der Waals surface area contributed by atoms with Crippen molar-refractivity contribution in [2.45, 2.75) is 18.6 Å². The molecule has 112 valence electrons. The standard InChI is InChI=1S/C16H17IO4/c17-11-6-7-14(19)13(10-11)16(20)15(8-9-18)21-12-4-2-1-3-5-12/h1-7,10,15-16,18-20H,8-9H2/t15-,16-/m0/s1. The summed E-state index contributed by atoms with van der Waals surface area (Å²) in [5.74, 6) is 0.627. The van der Waals surface area contributed by atoms with Crippen LogP contribution in [0.25, 0.3) is 0 Å². The van der Waals surface area contributed by atoms with Crippen LogP contribution in [0.15, 0.2) is 48.5 Å². The van der Waals surface area contributed by atoms with Gasteiger partial charge in [0.25, 0.3) is 0 Å². The highest BCUT2D eigenvalue weighted by Crippen LogP contribution is 2.31. The van der Waals surface area contributed by atoms with Gasteiger partial charge in [-0.1, -0.05) is 18.2 Å². The molecule has 0 aliphatic carbocycles. The van der Waals surface area contributed by atoms with Crippen molar-refractivity contribution in [2.75, 3.05) is 6.61 Å². The number of aromatic hydroxyl groups is 1. The van der Waals surface area contributed by atoms with E-state index in [1.165, 1.54) is 0 Å². The van der Waals surface area contributed by atoms with Gasteiger partial charge in [0.2, 0.25) is 0 Å². The zero-order valence-electron chi connectivity index (χ0n) is 11.3. The second kappa shape index (κ2) is 7.63. The van der Waals surface area contributed by atoms with Crippen molar-refractivity contribution in [1.82, 2.24) is 0 Å². The van der Waals surface area contributed by atoms with E-state index in [-0.39, 0.29) is 18.8 Å². The fourth-order valence-corrected chi connectivity index (χ4v) is 2.56. The number of aliphatic hydroxyl groups excluding tert-OH is 2. The van der Waals surface area contributed by atoms with Crippen molar-refractivity contribution < 1.29 is 20.1 Å². The number of para-hydroxylation sites is 1. The second-order valence-corrected chi connectivity index (χ2v) is 5.88. The van der Waals surface area contributed by atoms with Crippen LogP contribution in [0.2, 0.25) is 0 Å². The molecule has 0 saturated carbocycles. The van der Waals surface area contributed by atoms with Gasteiger partial charge in [-0.2, -0.15) is 0 Å². The molecular formula is C16H17IO4. The van der Waals surface area contributed by atoms with Crippen LogP contribution in [0.1, 0.15) is 18.1 Å². The summed E-state index contributed by atoms with van der Waals surface area (Å²) in [6.45, 7) is -0.112. The predicted octanol–water partition coefficient (Wildman–Crippen LogP) is 2.86. The summed E-state index contributed by atoms with van der Waals surface area (Å²) in [7, 11) is 0. The lowest BCUT2D eigenvalue weighted by Gasteiger charge is -2.24. The average molecular weight is 400 g/mol. The molecule has 0 saturated heterocycles. The third-order valence-electron chi connectivity index (χ3n) is 3.10. The van der Waals surface area contributed by atoms with Gasteiger partial charge in [0.1, 0.15) is 23.7 Å². The van der Waals surface area contributed by atoms with E-state index in [0.717, 1.165) is 3.57 Å². The number of phenols is 1. The van der Waals surface area contributed by atoms with Gasteiger partial charge in [-0.25, -0.2) is 0 Å². The fourth-order valence-electron chi connectivity index (χ4n) is 2.04. The lowest BCUT2D eigenvalue weighted by Crippen LogP contribution is -2.26. The third kappa shape index (κ3) is 4.33. The molecule has 5 heteroatoms. The molecule has 0 aromatic heterocycles. The third-order valence-corrected chi connectivity index (χ3v) is 3.78. The van der Waals surface area contributed by atoms with Crippen LogP contribution in [0.5, 0.6) is 11.5 Å². The second-order valence-electron chi connectivity index (χ2n) is 4.63. The van der Waals surface area contributed by atoms with Gasteiger partial charge in [-0.3, -0.25) is 0 Å². The average Bonchev–Trinajstić information content (AvgIpc) is 2.49. The van der Waals surface area contributed by atoms with Crippen LogP contribution in [0, 0.1) is 3.57 Å². The van der Waals surface area contributed by atoms with E-state index in [2.05, 4.69) is 22.6 Å². The van der Waals surface area contributed by atoms with Crippen LogP contribution >= 0.6 is 22.6 Å². The molecule has 0 amide bonds. The molecule has 2 aromatic rings. The molecule has 0 aliphatic heterocycles. The number of hydrogen-bond donors (Lipinski definition) is 3. The highest BCUT2D eigenvalue weighted by atomic mass is 127. The van der Waals surface area contributed by atoms with E-state index in [9.17, 15) is 15.3 Å². The number of hydrogen-bond acceptors (Lipinski definition) is 4. The smallest absolute Gasteiger partial charge is 0.131 e. The normalized spacial score (nSPS) is 13.7. The monoisotopic (exact) mass is 400 g/mol. The molecule has 3 N–H and O–H groups in total. The summed E-state index contributed by atoms with van der Waals surface area (Å²) in [4.78, 5) is 0. The number of rotatable bonds is 6. The maximum absolute atomic E-state index is 10.5. The molecule has 0 fully saturated rings. The molecule has 0 bridgehead atoms. The van der Waals surface area contributed by atoms with Gasteiger partial charge in [-0.05, 0) is 52.9 Å². The van der Waals surface area contributed by atoms with Crippen molar-refractivity contribution in [3.05, 3.63) is 57.7 Å². The van der Waals surface area contributed by atoms with Crippen LogP contribution in [-0.2, 0) is 0 Å². The summed E-state index contributed by atoms with van der Waals surface area (Å²) < 4.78 is 6.65. The summed E-state index contributed by atoms with van der Waals surface area (Å²) in [5, 5.41) is 29.6. The van der Waals surface area contributed by atoms with Gasteiger partial charge >= 0.3 is 0 Å². The quantitative estimate of drug-likeness (QED) is 0.653. The molecule has 2 aromatic carbocycles. The molecular weight excluding hydrogens is 383 g/mol. The Morgan fingerprint density at radius 1 is 1.10 bits per heavy atom. The summed E-state index contributed by atoms with van der Waals surface area (Å²) in [6.07, 6.45) is -1.39. The van der Waals surface area contributed by atoms with E-state index in [1.54, 1.807) is 30.3 Å². The Labute approximate surface area is 137 Å². The van der Waals surface area contributed by atoms with Gasteiger partial charge in [0, 0.05) is 22.2 Å². The first-order valence-corrected chi connectivity index (χ1v) is 7.68. The van der Waals surface area contributed by atoms with Gasteiger partial charge < -0.3 is 20.1 Å². The minimum atomic E-state index is -1.02. The first kappa shape index (κ1) is 16.1. The van der Waals surface area contributed by atoms with E-state index >= 15 is 0 Å². The largest absolute Gasteiger partial charge is 0.508 e. The van der Waals surface area contributed by atoms with Gasteiger partial charge in [0.05, 0.1) is 0 Å². The Morgan fingerprint density at radius 2 is 1.81 bits per heavy atom. The Morgan fingerprint density at radius 3 is 2.48 bits per heavy atom. The first-order chi connectivity index (χ1) is 10.1. The zero-order valence-corrected chi connectivity index (χ0v) is 13.5. The number of aliphatic hydroxyl groups is 2. The summed E-state index contributed by atoms with van der Waals surface area (Å²) in [5.41, 5.74) is 0.399. The Kier molecular flexibility index (Phi) is 5.84. The number of halogens is 1. The summed E-state index contributed by atoms with van der Waals surface area (Å²) in [6, 6.07) is 14.1. The molecule has 0 heterocycles. The molecule has 0 aliphatic rings. The van der Waals surface area contributed by atoms with Crippen LogP contribution in [-0.4, -0.2) is 28.0 Å². The molecule has 0 radical (unpaired) electrons. The van der Waals surface area contributed by atoms with Crippen molar-refractivity contribution in [2.24, 2.45) is 0 Å². The van der Waals surface area contributed by atoms with E-state index in [1.807, 2.05) is 18.2 Å². The van der Waals surface area contributed by atoms with Crippen LogP contribution < -0.4 is 4.74 Å². The lowest BCUT2D eigenvalue weighted by atomic mass is 10.0. The number of benzene rings is 2. The Bertz CT molecular complexity index is 574. The molecule has 2 atom stereocenters. The predicted molar refractivity (Wildman–Crippen MR) is 88.3 cm³/mol. The van der Waals surface area contributed by atoms with Crippen molar-refractivity contribution >= 4 is 22.6 Å². The number of phenolic OH excluding ortho intramolecular Hbond substituents is 1. The molecule has 2 rings (SSSR count). The SMILES string of the molecule is OCC[C@H](Oc1ccccc1)[C@@H](O)c1cc(I)ccc1O. The van der Waals surface area contributed by atoms with E-state index in [0.29, 0.717) is 11.3 Å². The van der Waals surface area contributed by atoms with Gasteiger partial charge in [0.15, 0.2) is 0 Å². The topological polar surface area (TPSA) is 69.9 Å². The highest BCUT2D eigenvalue weighted by Gasteiger charge is 2.25. The minimum Gasteiger partial charge on any atom is -0.508 e. The van der Waals surface area contributed by atoms with Crippen molar-refractivity contribution in [3.63, 3.8) is 0 Å². The Balaban J connectivity index is 2.22. The fraction of sp³-hybridized carbons (Fsp3) is 0.250. The highest BCUT2D eigenvalue weighted by molar-refractivity contribution is 14.1.